The van der Waals surface area contributed by atoms with Crippen LogP contribution in [0, 0.1) is 0 Å². The Kier molecular flexibility index (Phi) is 4.02. The molecule has 0 unspecified atom stereocenters. The Labute approximate surface area is 113 Å². The molecule has 1 heterocycles. The van der Waals surface area contributed by atoms with E-state index in [4.69, 9.17) is 11.6 Å². The van der Waals surface area contributed by atoms with E-state index < -0.39 is 0 Å². The fraction of sp³-hybridized carbons (Fsp3) is 0.429. The Morgan fingerprint density at radius 3 is 2.56 bits per heavy atom. The van der Waals surface area contributed by atoms with Crippen LogP contribution in [0.1, 0.15) is 38.2 Å². The van der Waals surface area contributed by atoms with Crippen LogP contribution in [0.25, 0.3) is 11.4 Å². The van der Waals surface area contributed by atoms with E-state index in [0.29, 0.717) is 11.9 Å². The van der Waals surface area contributed by atoms with Gasteiger partial charge in [0.2, 0.25) is 0 Å². The van der Waals surface area contributed by atoms with Crippen molar-refractivity contribution >= 4 is 11.6 Å². The van der Waals surface area contributed by atoms with Crippen molar-refractivity contribution in [1.29, 1.82) is 0 Å². The fourth-order valence-electron chi connectivity index (χ4n) is 2.19. The number of halogens is 1. The van der Waals surface area contributed by atoms with E-state index in [2.05, 4.69) is 53.7 Å². The number of aromatic nitrogens is 3. The molecule has 0 aliphatic carbocycles. The van der Waals surface area contributed by atoms with Crippen LogP contribution in [0.4, 0.5) is 0 Å². The number of aryl methyl sites for hydroxylation is 1. The molecule has 3 nitrogen and oxygen atoms in total. The molecule has 4 heteroatoms. The minimum atomic E-state index is 0.300. The summed E-state index contributed by atoms with van der Waals surface area (Å²) in [7, 11) is 0. The highest BCUT2D eigenvalue weighted by Crippen LogP contribution is 2.26. The molecular formula is C14H18ClN3. The third-order valence-corrected chi connectivity index (χ3v) is 3.28. The van der Waals surface area contributed by atoms with Crippen molar-refractivity contribution in [2.75, 3.05) is 0 Å². The first kappa shape index (κ1) is 13.1. The third-order valence-electron chi connectivity index (χ3n) is 3.04. The van der Waals surface area contributed by atoms with E-state index in [1.54, 1.807) is 0 Å². The number of rotatable bonds is 4. The maximum absolute atomic E-state index is 5.93. The van der Waals surface area contributed by atoms with Gasteiger partial charge in [-0.1, -0.05) is 31.2 Å². The molecule has 0 saturated carbocycles. The molecule has 0 atom stereocenters. The first-order chi connectivity index (χ1) is 8.69. The van der Waals surface area contributed by atoms with Crippen LogP contribution >= 0.6 is 11.6 Å². The monoisotopic (exact) mass is 263 g/mol. The van der Waals surface area contributed by atoms with Crippen LogP contribution in [-0.4, -0.2) is 14.8 Å². The van der Waals surface area contributed by atoms with E-state index in [1.807, 2.05) is 6.07 Å². The molecule has 2 rings (SSSR count). The van der Waals surface area contributed by atoms with Gasteiger partial charge in [0, 0.05) is 11.6 Å². The lowest BCUT2D eigenvalue weighted by Gasteiger charge is -2.14. The average Bonchev–Trinajstić information content (AvgIpc) is 2.82. The number of nitrogens with zero attached hydrogens (tertiary/aromatic N) is 3. The lowest BCUT2D eigenvalue weighted by molar-refractivity contribution is 0.584. The summed E-state index contributed by atoms with van der Waals surface area (Å²) in [5.41, 5.74) is 2.44. The summed E-state index contributed by atoms with van der Waals surface area (Å²) >= 11 is 5.93. The zero-order valence-corrected chi connectivity index (χ0v) is 11.8. The normalized spacial score (nSPS) is 11.2. The van der Waals surface area contributed by atoms with Crippen LogP contribution in [0.5, 0.6) is 0 Å². The third kappa shape index (κ3) is 2.27. The van der Waals surface area contributed by atoms with E-state index >= 15 is 0 Å². The van der Waals surface area contributed by atoms with E-state index in [0.717, 1.165) is 23.6 Å². The van der Waals surface area contributed by atoms with Gasteiger partial charge in [-0.3, -0.25) is 0 Å². The van der Waals surface area contributed by atoms with Gasteiger partial charge < -0.3 is 4.57 Å². The molecule has 0 saturated heterocycles. The molecule has 2 aromatic rings. The van der Waals surface area contributed by atoms with Gasteiger partial charge in [0.25, 0.3) is 0 Å². The van der Waals surface area contributed by atoms with Gasteiger partial charge in [-0.05, 0) is 25.8 Å². The van der Waals surface area contributed by atoms with Gasteiger partial charge in [0.05, 0.1) is 5.88 Å². The van der Waals surface area contributed by atoms with Gasteiger partial charge in [0.15, 0.2) is 5.82 Å². The minimum absolute atomic E-state index is 0.300. The molecule has 0 aliphatic rings. The predicted octanol–water partition coefficient (Wildman–Crippen LogP) is 3.83. The summed E-state index contributed by atoms with van der Waals surface area (Å²) < 4.78 is 2.11. The summed E-state index contributed by atoms with van der Waals surface area (Å²) in [6.45, 7) is 6.40. The van der Waals surface area contributed by atoms with E-state index in [9.17, 15) is 0 Å². The molecule has 0 bridgehead atoms. The quantitative estimate of drug-likeness (QED) is 0.785. The summed E-state index contributed by atoms with van der Waals surface area (Å²) in [6, 6.07) is 8.62. The smallest absolute Gasteiger partial charge is 0.164 e. The van der Waals surface area contributed by atoms with Crippen LogP contribution in [0.15, 0.2) is 24.3 Å². The Morgan fingerprint density at radius 1 is 1.22 bits per heavy atom. The van der Waals surface area contributed by atoms with Crippen molar-refractivity contribution in [3.63, 3.8) is 0 Å². The van der Waals surface area contributed by atoms with Gasteiger partial charge >= 0.3 is 0 Å². The molecule has 0 spiro atoms. The molecule has 96 valence electrons. The van der Waals surface area contributed by atoms with Crippen molar-refractivity contribution in [3.8, 4) is 11.4 Å². The van der Waals surface area contributed by atoms with Crippen molar-refractivity contribution < 1.29 is 0 Å². The number of hydrogen-bond donors (Lipinski definition) is 0. The molecule has 0 fully saturated rings. The largest absolute Gasteiger partial charge is 0.307 e. The van der Waals surface area contributed by atoms with Gasteiger partial charge in [-0.15, -0.1) is 21.8 Å². The lowest BCUT2D eigenvalue weighted by Crippen LogP contribution is -2.07. The zero-order valence-electron chi connectivity index (χ0n) is 11.0. The highest BCUT2D eigenvalue weighted by atomic mass is 35.5. The summed E-state index contributed by atoms with van der Waals surface area (Å²) in [4.78, 5) is 0. The molecule has 18 heavy (non-hydrogen) atoms. The van der Waals surface area contributed by atoms with Crippen molar-refractivity contribution in [2.24, 2.45) is 0 Å². The van der Waals surface area contributed by atoms with Crippen LogP contribution < -0.4 is 0 Å². The standard InChI is InChI=1S/C14H18ClN3/c1-4-11-7-5-6-8-12(11)14-17-16-13(9-15)18(14)10(2)3/h5-8,10H,4,9H2,1-3H3. The molecule has 0 radical (unpaired) electrons. The number of hydrogen-bond acceptors (Lipinski definition) is 2. The predicted molar refractivity (Wildman–Crippen MR) is 74.8 cm³/mol. The first-order valence-corrected chi connectivity index (χ1v) is 6.80. The molecule has 0 amide bonds. The molecule has 1 aromatic carbocycles. The van der Waals surface area contributed by atoms with Crippen molar-refractivity contribution in [3.05, 3.63) is 35.7 Å². The van der Waals surface area contributed by atoms with Crippen LogP contribution in [0.3, 0.4) is 0 Å². The Balaban J connectivity index is 2.60. The Bertz CT molecular complexity index is 532. The average molecular weight is 264 g/mol. The highest BCUT2D eigenvalue weighted by Gasteiger charge is 2.17. The SMILES string of the molecule is CCc1ccccc1-c1nnc(CCl)n1C(C)C. The van der Waals surface area contributed by atoms with Crippen LogP contribution in [-0.2, 0) is 12.3 Å². The molecule has 1 aromatic heterocycles. The topological polar surface area (TPSA) is 30.7 Å². The summed E-state index contributed by atoms with van der Waals surface area (Å²) in [6.07, 6.45) is 0.983. The minimum Gasteiger partial charge on any atom is -0.307 e. The second-order valence-electron chi connectivity index (χ2n) is 4.55. The lowest BCUT2D eigenvalue weighted by atomic mass is 10.0. The highest BCUT2D eigenvalue weighted by molar-refractivity contribution is 6.16. The van der Waals surface area contributed by atoms with E-state index in [-0.39, 0.29) is 0 Å². The number of benzene rings is 1. The van der Waals surface area contributed by atoms with Crippen LogP contribution in [0.2, 0.25) is 0 Å². The fourth-order valence-corrected chi connectivity index (χ4v) is 2.37. The summed E-state index contributed by atoms with van der Waals surface area (Å²) in [5, 5.41) is 8.50. The molecular weight excluding hydrogens is 246 g/mol. The second kappa shape index (κ2) is 5.53. The Morgan fingerprint density at radius 2 is 1.94 bits per heavy atom. The van der Waals surface area contributed by atoms with Crippen molar-refractivity contribution in [2.45, 2.75) is 39.1 Å². The maximum Gasteiger partial charge on any atom is 0.164 e. The van der Waals surface area contributed by atoms with Gasteiger partial charge in [0.1, 0.15) is 5.82 Å². The van der Waals surface area contributed by atoms with Crippen molar-refractivity contribution in [1.82, 2.24) is 14.8 Å². The first-order valence-electron chi connectivity index (χ1n) is 6.27. The van der Waals surface area contributed by atoms with E-state index in [1.165, 1.54) is 5.56 Å². The van der Waals surface area contributed by atoms with Gasteiger partial charge in [-0.2, -0.15) is 0 Å². The molecule has 0 N–H and O–H groups in total. The Hall–Kier alpha value is -1.35. The number of alkyl halides is 1. The summed E-state index contributed by atoms with van der Waals surface area (Å²) in [5.74, 6) is 2.13. The van der Waals surface area contributed by atoms with Gasteiger partial charge in [-0.25, -0.2) is 0 Å². The maximum atomic E-state index is 5.93. The molecule has 0 aliphatic heterocycles. The zero-order chi connectivity index (χ0) is 13.1. The second-order valence-corrected chi connectivity index (χ2v) is 4.82.